The van der Waals surface area contributed by atoms with E-state index in [4.69, 9.17) is 23.2 Å². The van der Waals surface area contributed by atoms with Gasteiger partial charge in [-0.1, -0.05) is 36.5 Å². The molecule has 0 radical (unpaired) electrons. The number of fused-ring (bicyclic) bond motifs is 1. The van der Waals surface area contributed by atoms with Crippen LogP contribution in [0.2, 0.25) is 0 Å². The van der Waals surface area contributed by atoms with Crippen LogP contribution in [0.4, 0.5) is 5.69 Å². The van der Waals surface area contributed by atoms with E-state index in [1.807, 2.05) is 37.5 Å². The number of hydrogen-bond acceptors (Lipinski definition) is 3. The van der Waals surface area contributed by atoms with Gasteiger partial charge in [-0.25, -0.2) is 0 Å². The molecule has 1 aliphatic heterocycles. The normalized spacial score (nSPS) is 16.8. The number of para-hydroxylation sites is 1. The van der Waals surface area contributed by atoms with E-state index < -0.39 is 5.92 Å². The minimum atomic E-state index is -0.400. The van der Waals surface area contributed by atoms with Crippen molar-refractivity contribution in [2.24, 2.45) is 11.7 Å². The average molecular weight is 269 g/mol. The van der Waals surface area contributed by atoms with Crippen LogP contribution in [-0.4, -0.2) is 12.0 Å². The van der Waals surface area contributed by atoms with E-state index in [0.717, 1.165) is 16.8 Å². The first kappa shape index (κ1) is 13.3. The van der Waals surface area contributed by atoms with E-state index in [1.165, 1.54) is 0 Å². The van der Waals surface area contributed by atoms with Gasteiger partial charge >= 0.3 is 0 Å². The zero-order chi connectivity index (χ0) is 13.8. The van der Waals surface area contributed by atoms with Crippen LogP contribution in [0.25, 0.3) is 5.57 Å². The Morgan fingerprint density at radius 1 is 1.53 bits per heavy atom. The molecule has 1 aromatic rings. The van der Waals surface area contributed by atoms with Gasteiger partial charge in [0.25, 0.3) is 0 Å². The molecule has 1 aliphatic rings. The van der Waals surface area contributed by atoms with E-state index >= 15 is 0 Å². The van der Waals surface area contributed by atoms with Gasteiger partial charge in [-0.05, 0) is 24.1 Å². The van der Waals surface area contributed by atoms with Crippen LogP contribution in [0.5, 0.6) is 0 Å². The lowest BCUT2D eigenvalue weighted by Crippen LogP contribution is -2.19. The van der Waals surface area contributed by atoms with Gasteiger partial charge in [0, 0.05) is 24.5 Å². The molecule has 0 bridgehead atoms. The van der Waals surface area contributed by atoms with Gasteiger partial charge in [0.1, 0.15) is 0 Å². The third kappa shape index (κ3) is 2.83. The van der Waals surface area contributed by atoms with Gasteiger partial charge in [-0.2, -0.15) is 5.26 Å². The van der Waals surface area contributed by atoms with Crippen molar-refractivity contribution in [2.75, 3.05) is 11.9 Å². The minimum absolute atomic E-state index is 0.254. The third-order valence-corrected chi connectivity index (χ3v) is 3.43. The zero-order valence-electron chi connectivity index (χ0n) is 10.7. The lowest BCUT2D eigenvalue weighted by atomic mass is 9.97. The lowest BCUT2D eigenvalue weighted by molar-refractivity contribution is 0.901. The topological polar surface area (TPSA) is 53.0 Å². The summed E-state index contributed by atoms with van der Waals surface area (Å²) in [5.41, 5.74) is 8.95. The first-order valence-corrected chi connectivity index (χ1v) is 6.44. The molecule has 1 atom stereocenters. The molecule has 4 heteroatoms. The number of rotatable bonds is 3. The second kappa shape index (κ2) is 5.68. The molecule has 0 saturated heterocycles. The number of benzene rings is 1. The molecule has 0 spiro atoms. The Morgan fingerprint density at radius 2 is 2.26 bits per heavy atom. The third-order valence-electron chi connectivity index (χ3n) is 3.15. The molecule has 19 heavy (non-hydrogen) atoms. The number of nitrogens with two attached hydrogens (primary N) is 1. The molecule has 1 heterocycles. The smallest absolute Gasteiger partial charge is 0.0997 e. The van der Waals surface area contributed by atoms with Crippen LogP contribution in [0.15, 0.2) is 42.6 Å². The summed E-state index contributed by atoms with van der Waals surface area (Å²) in [6.45, 7) is 0. The molecule has 0 saturated carbocycles. The maximum absolute atomic E-state index is 8.99. The van der Waals surface area contributed by atoms with E-state index in [0.29, 0.717) is 6.42 Å². The quantitative estimate of drug-likeness (QED) is 0.857. The second-order valence-electron chi connectivity index (χ2n) is 4.42. The number of thiocarbonyl (C=S) groups is 1. The van der Waals surface area contributed by atoms with E-state index in [1.54, 1.807) is 0 Å². The van der Waals surface area contributed by atoms with Crippen molar-refractivity contribution < 1.29 is 0 Å². The van der Waals surface area contributed by atoms with Gasteiger partial charge in [-0.15, -0.1) is 0 Å². The highest BCUT2D eigenvalue weighted by Crippen LogP contribution is 2.32. The van der Waals surface area contributed by atoms with Crippen molar-refractivity contribution in [3.05, 3.63) is 48.2 Å². The second-order valence-corrected chi connectivity index (χ2v) is 4.89. The first-order chi connectivity index (χ1) is 9.13. The number of allylic oxidation sites excluding steroid dienone is 3. The molecule has 0 aromatic heterocycles. The van der Waals surface area contributed by atoms with Gasteiger partial charge in [0.05, 0.1) is 17.0 Å². The van der Waals surface area contributed by atoms with Gasteiger partial charge in [0.2, 0.25) is 0 Å². The van der Waals surface area contributed by atoms with E-state index in [-0.39, 0.29) is 4.99 Å². The average Bonchev–Trinajstić information content (AvgIpc) is 2.42. The fourth-order valence-electron chi connectivity index (χ4n) is 2.04. The van der Waals surface area contributed by atoms with Crippen molar-refractivity contribution in [3.8, 4) is 6.07 Å². The Kier molecular flexibility index (Phi) is 3.98. The van der Waals surface area contributed by atoms with Crippen LogP contribution in [0.3, 0.4) is 0 Å². The highest BCUT2D eigenvalue weighted by Gasteiger charge is 2.14. The van der Waals surface area contributed by atoms with Gasteiger partial charge < -0.3 is 10.6 Å². The Hall–Kier alpha value is -2.12. The standard InChI is InChI=1S/C15H15N3S/c1-18-9-8-11(6-7-12(10-16)15(17)19)13-4-2-3-5-14(13)18/h2-6,8-9,12H,7H2,1H3,(H2,17,19). The van der Waals surface area contributed by atoms with Crippen LogP contribution in [-0.2, 0) is 0 Å². The summed E-state index contributed by atoms with van der Waals surface area (Å²) in [6.07, 6.45) is 6.62. The highest BCUT2D eigenvalue weighted by molar-refractivity contribution is 7.80. The molecule has 0 aliphatic carbocycles. The molecular formula is C15H15N3S. The zero-order valence-corrected chi connectivity index (χ0v) is 11.5. The SMILES string of the molecule is CN1C=CC(=CCC(C#N)C(N)=S)c2ccccc21. The lowest BCUT2D eigenvalue weighted by Gasteiger charge is -2.23. The molecule has 2 rings (SSSR count). The van der Waals surface area contributed by atoms with Crippen molar-refractivity contribution in [1.29, 1.82) is 5.26 Å². The van der Waals surface area contributed by atoms with Gasteiger partial charge in [-0.3, -0.25) is 0 Å². The van der Waals surface area contributed by atoms with Crippen LogP contribution >= 0.6 is 12.2 Å². The van der Waals surface area contributed by atoms with E-state index in [9.17, 15) is 0 Å². The van der Waals surface area contributed by atoms with Gasteiger partial charge in [0.15, 0.2) is 0 Å². The summed E-state index contributed by atoms with van der Waals surface area (Å²) < 4.78 is 0. The Balaban J connectivity index is 2.29. The molecule has 1 aromatic carbocycles. The fraction of sp³-hybridized carbons (Fsp3) is 0.200. The molecule has 0 amide bonds. The molecule has 3 nitrogen and oxygen atoms in total. The number of hydrogen-bond donors (Lipinski definition) is 1. The Morgan fingerprint density at radius 3 is 2.95 bits per heavy atom. The molecular weight excluding hydrogens is 254 g/mol. The summed E-state index contributed by atoms with van der Waals surface area (Å²) in [6, 6.07) is 10.3. The number of anilines is 1. The molecule has 1 unspecified atom stereocenters. The van der Waals surface area contributed by atoms with Crippen molar-refractivity contribution in [3.63, 3.8) is 0 Å². The first-order valence-electron chi connectivity index (χ1n) is 6.03. The van der Waals surface area contributed by atoms with Crippen molar-refractivity contribution in [1.82, 2.24) is 0 Å². The fourth-order valence-corrected chi connectivity index (χ4v) is 2.19. The monoisotopic (exact) mass is 269 g/mol. The summed E-state index contributed by atoms with van der Waals surface area (Å²) in [7, 11) is 2.01. The number of nitriles is 1. The van der Waals surface area contributed by atoms with Crippen LogP contribution < -0.4 is 10.6 Å². The molecule has 0 fully saturated rings. The predicted octanol–water partition coefficient (Wildman–Crippen LogP) is 2.85. The Bertz CT molecular complexity index is 596. The predicted molar refractivity (Wildman–Crippen MR) is 82.5 cm³/mol. The van der Waals surface area contributed by atoms with Crippen molar-refractivity contribution in [2.45, 2.75) is 6.42 Å². The summed E-state index contributed by atoms with van der Waals surface area (Å²) in [5, 5.41) is 8.99. The maximum Gasteiger partial charge on any atom is 0.0997 e. The van der Waals surface area contributed by atoms with E-state index in [2.05, 4.69) is 23.1 Å². The van der Waals surface area contributed by atoms with Crippen LogP contribution in [0, 0.1) is 17.2 Å². The Labute approximate surface area is 118 Å². The number of nitrogens with zero attached hydrogens (tertiary/aromatic N) is 2. The summed E-state index contributed by atoms with van der Waals surface area (Å²) in [5.74, 6) is -0.400. The highest BCUT2D eigenvalue weighted by atomic mass is 32.1. The maximum atomic E-state index is 8.99. The summed E-state index contributed by atoms with van der Waals surface area (Å²) >= 11 is 4.88. The largest absolute Gasteiger partial charge is 0.392 e. The molecule has 96 valence electrons. The van der Waals surface area contributed by atoms with Crippen LogP contribution in [0.1, 0.15) is 12.0 Å². The molecule has 2 N–H and O–H groups in total. The summed E-state index contributed by atoms with van der Waals surface area (Å²) in [4.78, 5) is 2.33. The minimum Gasteiger partial charge on any atom is -0.392 e. The van der Waals surface area contributed by atoms with Crippen molar-refractivity contribution >= 4 is 28.5 Å².